The number of tetrazole rings is 1. The fourth-order valence-corrected chi connectivity index (χ4v) is 2.28. The summed E-state index contributed by atoms with van der Waals surface area (Å²) >= 11 is 5.88. The van der Waals surface area contributed by atoms with E-state index in [-0.39, 0.29) is 12.6 Å². The van der Waals surface area contributed by atoms with Crippen LogP contribution in [0.2, 0.25) is 5.02 Å². The lowest BCUT2D eigenvalue weighted by atomic mass is 10.2. The van der Waals surface area contributed by atoms with E-state index < -0.39 is 0 Å². The van der Waals surface area contributed by atoms with Crippen LogP contribution in [-0.4, -0.2) is 26.2 Å². The molecule has 2 aromatic carbocycles. The zero-order valence-electron chi connectivity index (χ0n) is 12.9. The SMILES string of the molecule is Cc1cccc(NC(=O)NCc2nnnn2-c2ccc(Cl)cc2)c1. The monoisotopic (exact) mass is 342 g/mol. The molecule has 1 heterocycles. The number of hydrogen-bond donors (Lipinski definition) is 2. The van der Waals surface area contributed by atoms with Crippen LogP contribution in [0.3, 0.4) is 0 Å². The van der Waals surface area contributed by atoms with Gasteiger partial charge in [0.15, 0.2) is 5.82 Å². The summed E-state index contributed by atoms with van der Waals surface area (Å²) in [6.07, 6.45) is 0. The number of benzene rings is 2. The Labute approximate surface area is 143 Å². The Morgan fingerprint density at radius 2 is 2.00 bits per heavy atom. The number of carbonyl (C=O) groups is 1. The molecule has 0 bridgehead atoms. The summed E-state index contributed by atoms with van der Waals surface area (Å²) < 4.78 is 1.54. The quantitative estimate of drug-likeness (QED) is 0.763. The topological polar surface area (TPSA) is 84.7 Å². The van der Waals surface area contributed by atoms with Crippen molar-refractivity contribution in [3.8, 4) is 5.69 Å². The Morgan fingerprint density at radius 1 is 1.21 bits per heavy atom. The highest BCUT2D eigenvalue weighted by Gasteiger charge is 2.10. The van der Waals surface area contributed by atoms with Gasteiger partial charge in [0.1, 0.15) is 0 Å². The molecule has 0 radical (unpaired) electrons. The Kier molecular flexibility index (Phi) is 4.72. The number of carbonyl (C=O) groups excluding carboxylic acids is 1. The normalized spacial score (nSPS) is 10.4. The Hall–Kier alpha value is -2.93. The smallest absolute Gasteiger partial charge is 0.319 e. The second-order valence-corrected chi connectivity index (χ2v) is 5.60. The standard InChI is InChI=1S/C16H15ClN6O/c1-11-3-2-4-13(9-11)19-16(24)18-10-15-20-21-22-23(15)14-7-5-12(17)6-8-14/h2-9H,10H2,1H3,(H2,18,19,24). The minimum absolute atomic E-state index is 0.188. The van der Waals surface area contributed by atoms with Crippen LogP contribution >= 0.6 is 11.6 Å². The van der Waals surface area contributed by atoms with Gasteiger partial charge in [0.05, 0.1) is 12.2 Å². The summed E-state index contributed by atoms with van der Waals surface area (Å²) in [4.78, 5) is 12.0. The first kappa shape index (κ1) is 15.9. The first-order valence-corrected chi connectivity index (χ1v) is 7.64. The van der Waals surface area contributed by atoms with Crippen LogP contribution in [0.1, 0.15) is 11.4 Å². The predicted molar refractivity (Wildman–Crippen MR) is 91.2 cm³/mol. The average molecular weight is 343 g/mol. The van der Waals surface area contributed by atoms with Gasteiger partial charge in [-0.3, -0.25) is 0 Å². The van der Waals surface area contributed by atoms with Gasteiger partial charge in [0.2, 0.25) is 0 Å². The maximum absolute atomic E-state index is 12.0. The number of amides is 2. The van der Waals surface area contributed by atoms with E-state index in [1.807, 2.05) is 31.2 Å². The summed E-state index contributed by atoms with van der Waals surface area (Å²) in [6, 6.07) is 14.3. The molecule has 0 aliphatic rings. The van der Waals surface area contributed by atoms with Gasteiger partial charge in [0, 0.05) is 10.7 Å². The lowest BCUT2D eigenvalue weighted by Crippen LogP contribution is -2.29. The molecule has 0 fully saturated rings. The van der Waals surface area contributed by atoms with Gasteiger partial charge in [-0.25, -0.2) is 4.79 Å². The number of nitrogens with zero attached hydrogens (tertiary/aromatic N) is 4. The van der Waals surface area contributed by atoms with Gasteiger partial charge >= 0.3 is 6.03 Å². The number of nitrogens with one attached hydrogen (secondary N) is 2. The summed E-state index contributed by atoms with van der Waals surface area (Å²) in [7, 11) is 0. The minimum Gasteiger partial charge on any atom is -0.330 e. The molecule has 3 rings (SSSR count). The molecule has 0 spiro atoms. The second kappa shape index (κ2) is 7.10. The van der Waals surface area contributed by atoms with E-state index in [9.17, 15) is 4.79 Å². The minimum atomic E-state index is -0.328. The molecular formula is C16H15ClN6O. The van der Waals surface area contributed by atoms with Crippen molar-refractivity contribution in [3.63, 3.8) is 0 Å². The molecule has 0 aliphatic carbocycles. The number of aryl methyl sites for hydroxylation is 1. The van der Waals surface area contributed by atoms with Gasteiger partial charge in [-0.2, -0.15) is 4.68 Å². The molecule has 24 heavy (non-hydrogen) atoms. The van der Waals surface area contributed by atoms with Crippen molar-refractivity contribution in [2.24, 2.45) is 0 Å². The molecule has 2 N–H and O–H groups in total. The number of halogens is 1. The van der Waals surface area contributed by atoms with E-state index in [0.717, 1.165) is 16.9 Å². The molecule has 0 aliphatic heterocycles. The summed E-state index contributed by atoms with van der Waals surface area (Å²) in [5.41, 5.74) is 2.56. The van der Waals surface area contributed by atoms with E-state index in [1.165, 1.54) is 0 Å². The molecule has 122 valence electrons. The van der Waals surface area contributed by atoms with Crippen LogP contribution in [-0.2, 0) is 6.54 Å². The largest absolute Gasteiger partial charge is 0.330 e. The lowest BCUT2D eigenvalue weighted by Gasteiger charge is -2.08. The van der Waals surface area contributed by atoms with Crippen LogP contribution in [0.5, 0.6) is 0 Å². The van der Waals surface area contributed by atoms with Crippen LogP contribution < -0.4 is 10.6 Å². The Balaban J connectivity index is 1.64. The highest BCUT2D eigenvalue weighted by atomic mass is 35.5. The highest BCUT2D eigenvalue weighted by Crippen LogP contribution is 2.13. The maximum Gasteiger partial charge on any atom is 0.319 e. The van der Waals surface area contributed by atoms with E-state index in [1.54, 1.807) is 28.9 Å². The van der Waals surface area contributed by atoms with Gasteiger partial charge in [0.25, 0.3) is 0 Å². The van der Waals surface area contributed by atoms with Crippen molar-refractivity contribution < 1.29 is 4.79 Å². The molecule has 2 amide bonds. The first-order valence-electron chi connectivity index (χ1n) is 7.26. The molecular weight excluding hydrogens is 328 g/mol. The highest BCUT2D eigenvalue weighted by molar-refractivity contribution is 6.30. The van der Waals surface area contributed by atoms with Gasteiger partial charge < -0.3 is 10.6 Å². The van der Waals surface area contributed by atoms with Crippen molar-refractivity contribution in [1.29, 1.82) is 0 Å². The third-order valence-electron chi connectivity index (χ3n) is 3.29. The fourth-order valence-electron chi connectivity index (χ4n) is 2.16. The van der Waals surface area contributed by atoms with Gasteiger partial charge in [-0.1, -0.05) is 23.7 Å². The number of hydrogen-bond acceptors (Lipinski definition) is 4. The number of aromatic nitrogens is 4. The van der Waals surface area contributed by atoms with Crippen LogP contribution in [0, 0.1) is 6.92 Å². The zero-order chi connectivity index (χ0) is 16.9. The molecule has 0 saturated heterocycles. The van der Waals surface area contributed by atoms with Crippen molar-refractivity contribution in [2.45, 2.75) is 13.5 Å². The van der Waals surface area contributed by atoms with Crippen molar-refractivity contribution in [1.82, 2.24) is 25.5 Å². The molecule has 1 aromatic heterocycles. The summed E-state index contributed by atoms with van der Waals surface area (Å²) in [6.45, 7) is 2.15. The van der Waals surface area contributed by atoms with E-state index in [2.05, 4.69) is 26.2 Å². The molecule has 0 saturated carbocycles. The second-order valence-electron chi connectivity index (χ2n) is 5.16. The third-order valence-corrected chi connectivity index (χ3v) is 3.54. The maximum atomic E-state index is 12.0. The molecule has 8 heteroatoms. The molecule has 3 aromatic rings. The van der Waals surface area contributed by atoms with Crippen molar-refractivity contribution >= 4 is 23.3 Å². The van der Waals surface area contributed by atoms with Gasteiger partial charge in [-0.05, 0) is 59.3 Å². The average Bonchev–Trinajstić information content (AvgIpc) is 3.02. The number of urea groups is 1. The van der Waals surface area contributed by atoms with Crippen LogP contribution in [0.25, 0.3) is 5.69 Å². The molecule has 7 nitrogen and oxygen atoms in total. The molecule has 0 atom stereocenters. The number of rotatable bonds is 4. The summed E-state index contributed by atoms with van der Waals surface area (Å²) in [5.74, 6) is 0.511. The van der Waals surface area contributed by atoms with E-state index in [4.69, 9.17) is 11.6 Å². The lowest BCUT2D eigenvalue weighted by molar-refractivity contribution is 0.251. The Morgan fingerprint density at radius 3 is 2.75 bits per heavy atom. The third kappa shape index (κ3) is 3.88. The van der Waals surface area contributed by atoms with E-state index >= 15 is 0 Å². The van der Waals surface area contributed by atoms with Crippen molar-refractivity contribution in [3.05, 3.63) is 64.9 Å². The molecule has 0 unspecified atom stereocenters. The number of anilines is 1. The van der Waals surface area contributed by atoms with E-state index in [0.29, 0.717) is 10.8 Å². The fraction of sp³-hybridized carbons (Fsp3) is 0.125. The Bertz CT molecular complexity index is 846. The van der Waals surface area contributed by atoms with Crippen molar-refractivity contribution in [2.75, 3.05) is 5.32 Å². The van der Waals surface area contributed by atoms with Gasteiger partial charge in [-0.15, -0.1) is 5.10 Å². The van der Waals surface area contributed by atoms with Crippen LogP contribution in [0.15, 0.2) is 48.5 Å². The first-order chi connectivity index (χ1) is 11.6. The predicted octanol–water partition coefficient (Wildman–Crippen LogP) is 2.95. The van der Waals surface area contributed by atoms with Crippen LogP contribution in [0.4, 0.5) is 10.5 Å². The zero-order valence-corrected chi connectivity index (χ0v) is 13.7. The summed E-state index contributed by atoms with van der Waals surface area (Å²) in [5, 5.41) is 17.6.